The second kappa shape index (κ2) is 5.84. The number of aryl methyl sites for hydroxylation is 1. The quantitative estimate of drug-likeness (QED) is 0.918. The lowest BCUT2D eigenvalue weighted by molar-refractivity contribution is -0.179. The molecule has 110 valence electrons. The third-order valence-electron chi connectivity index (χ3n) is 4.62. The van der Waals surface area contributed by atoms with Gasteiger partial charge in [-0.15, -0.1) is 0 Å². The Bertz CT molecular complexity index is 427. The summed E-state index contributed by atoms with van der Waals surface area (Å²) in [6, 6.07) is 9.79. The Balaban J connectivity index is 1.52. The zero-order chi connectivity index (χ0) is 14.0. The molecule has 0 bridgehead atoms. The Labute approximate surface area is 121 Å². The van der Waals surface area contributed by atoms with E-state index in [1.807, 2.05) is 0 Å². The predicted octanol–water partition coefficient (Wildman–Crippen LogP) is 3.33. The van der Waals surface area contributed by atoms with Gasteiger partial charge >= 0.3 is 0 Å². The van der Waals surface area contributed by atoms with E-state index in [1.54, 1.807) is 0 Å². The Hall–Kier alpha value is -0.900. The molecule has 1 aromatic rings. The van der Waals surface area contributed by atoms with Crippen molar-refractivity contribution in [3.8, 4) is 0 Å². The summed E-state index contributed by atoms with van der Waals surface area (Å²) in [6.45, 7) is 5.90. The van der Waals surface area contributed by atoms with Crippen LogP contribution in [0.4, 0.5) is 0 Å². The molecule has 0 amide bonds. The van der Waals surface area contributed by atoms with Crippen molar-refractivity contribution in [3.05, 3.63) is 35.4 Å². The highest BCUT2D eigenvalue weighted by Crippen LogP contribution is 2.36. The van der Waals surface area contributed by atoms with E-state index in [4.69, 9.17) is 9.47 Å². The first kappa shape index (κ1) is 14.1. The monoisotopic (exact) mass is 275 g/mol. The highest BCUT2D eigenvalue weighted by Gasteiger charge is 2.40. The molecular formula is C17H25NO2. The van der Waals surface area contributed by atoms with Gasteiger partial charge in [-0.05, 0) is 32.3 Å². The SMILES string of the molecule is Cc1ccc([C@@H](C)NC2CCC3(CC2)OCCO3)cc1. The molecule has 1 N–H and O–H groups in total. The smallest absolute Gasteiger partial charge is 0.168 e. The van der Waals surface area contributed by atoms with E-state index >= 15 is 0 Å². The maximum Gasteiger partial charge on any atom is 0.168 e. The van der Waals surface area contributed by atoms with Crippen LogP contribution in [-0.4, -0.2) is 25.0 Å². The molecule has 3 heteroatoms. The summed E-state index contributed by atoms with van der Waals surface area (Å²) in [4.78, 5) is 0. The van der Waals surface area contributed by atoms with Gasteiger partial charge in [-0.2, -0.15) is 0 Å². The van der Waals surface area contributed by atoms with E-state index in [0.29, 0.717) is 12.1 Å². The van der Waals surface area contributed by atoms with Crippen LogP contribution in [0.5, 0.6) is 0 Å². The third kappa shape index (κ3) is 3.05. The summed E-state index contributed by atoms with van der Waals surface area (Å²) in [6.07, 6.45) is 4.31. The molecular weight excluding hydrogens is 250 g/mol. The molecule has 1 spiro atoms. The summed E-state index contributed by atoms with van der Waals surface area (Å²) >= 11 is 0. The number of hydrogen-bond acceptors (Lipinski definition) is 3. The topological polar surface area (TPSA) is 30.5 Å². The standard InChI is InChI=1S/C17H25NO2/c1-13-3-5-15(6-4-13)14(2)18-16-7-9-17(10-8-16)19-11-12-20-17/h3-6,14,16,18H,7-12H2,1-2H3/t14-/m1/s1. The van der Waals surface area contributed by atoms with Gasteiger partial charge in [0, 0.05) is 24.9 Å². The van der Waals surface area contributed by atoms with Crippen molar-refractivity contribution >= 4 is 0 Å². The third-order valence-corrected chi connectivity index (χ3v) is 4.62. The molecule has 0 unspecified atom stereocenters. The number of ether oxygens (including phenoxy) is 2. The van der Waals surface area contributed by atoms with E-state index in [2.05, 4.69) is 43.4 Å². The molecule has 3 rings (SSSR count). The number of benzene rings is 1. The van der Waals surface area contributed by atoms with Crippen molar-refractivity contribution < 1.29 is 9.47 Å². The Morgan fingerprint density at radius 1 is 1.10 bits per heavy atom. The van der Waals surface area contributed by atoms with Crippen molar-refractivity contribution in [2.75, 3.05) is 13.2 Å². The summed E-state index contributed by atoms with van der Waals surface area (Å²) in [5, 5.41) is 3.75. The van der Waals surface area contributed by atoms with Crippen LogP contribution in [0.25, 0.3) is 0 Å². The maximum absolute atomic E-state index is 5.78. The van der Waals surface area contributed by atoms with Crippen molar-refractivity contribution in [3.63, 3.8) is 0 Å². The minimum Gasteiger partial charge on any atom is -0.348 e. The normalized spacial score (nSPS) is 24.1. The molecule has 2 fully saturated rings. The van der Waals surface area contributed by atoms with Crippen LogP contribution >= 0.6 is 0 Å². The van der Waals surface area contributed by atoms with Crippen molar-refractivity contribution in [1.29, 1.82) is 0 Å². The Morgan fingerprint density at radius 3 is 2.30 bits per heavy atom. The Morgan fingerprint density at radius 2 is 1.70 bits per heavy atom. The van der Waals surface area contributed by atoms with Gasteiger partial charge < -0.3 is 14.8 Å². The molecule has 1 aliphatic heterocycles. The largest absolute Gasteiger partial charge is 0.348 e. The van der Waals surface area contributed by atoms with Gasteiger partial charge in [0.1, 0.15) is 0 Å². The lowest BCUT2D eigenvalue weighted by Crippen LogP contribution is -2.42. The maximum atomic E-state index is 5.78. The van der Waals surface area contributed by atoms with Gasteiger partial charge in [0.15, 0.2) is 5.79 Å². The predicted molar refractivity (Wildman–Crippen MR) is 79.6 cm³/mol. The van der Waals surface area contributed by atoms with Gasteiger partial charge in [-0.25, -0.2) is 0 Å². The molecule has 1 saturated heterocycles. The number of nitrogens with one attached hydrogen (secondary N) is 1. The van der Waals surface area contributed by atoms with Crippen LogP contribution in [0, 0.1) is 6.92 Å². The zero-order valence-electron chi connectivity index (χ0n) is 12.5. The van der Waals surface area contributed by atoms with Crippen LogP contribution in [0.3, 0.4) is 0 Å². The molecule has 1 heterocycles. The Kier molecular flexibility index (Phi) is 4.11. The van der Waals surface area contributed by atoms with E-state index in [-0.39, 0.29) is 5.79 Å². The summed E-state index contributed by atoms with van der Waals surface area (Å²) in [5.74, 6) is -0.245. The average molecular weight is 275 g/mol. The van der Waals surface area contributed by atoms with E-state index in [0.717, 1.165) is 38.9 Å². The number of rotatable bonds is 3. The molecule has 1 aromatic carbocycles. The van der Waals surface area contributed by atoms with Gasteiger partial charge in [0.2, 0.25) is 0 Å². The van der Waals surface area contributed by atoms with Crippen LogP contribution in [0.2, 0.25) is 0 Å². The summed E-state index contributed by atoms with van der Waals surface area (Å²) < 4.78 is 11.6. The van der Waals surface area contributed by atoms with Gasteiger partial charge in [-0.3, -0.25) is 0 Å². The van der Waals surface area contributed by atoms with Gasteiger partial charge in [-0.1, -0.05) is 29.8 Å². The molecule has 20 heavy (non-hydrogen) atoms. The first-order valence-electron chi connectivity index (χ1n) is 7.77. The average Bonchev–Trinajstić information content (AvgIpc) is 2.91. The minimum absolute atomic E-state index is 0.245. The fraction of sp³-hybridized carbons (Fsp3) is 0.647. The first-order chi connectivity index (χ1) is 9.67. The highest BCUT2D eigenvalue weighted by atomic mass is 16.7. The van der Waals surface area contributed by atoms with Crippen LogP contribution in [0.1, 0.15) is 49.8 Å². The molecule has 2 aliphatic rings. The van der Waals surface area contributed by atoms with E-state index in [1.165, 1.54) is 11.1 Å². The van der Waals surface area contributed by atoms with Gasteiger partial charge in [0.25, 0.3) is 0 Å². The molecule has 1 saturated carbocycles. The van der Waals surface area contributed by atoms with E-state index < -0.39 is 0 Å². The molecule has 1 aliphatic carbocycles. The first-order valence-corrected chi connectivity index (χ1v) is 7.77. The summed E-state index contributed by atoms with van der Waals surface area (Å²) in [5.41, 5.74) is 2.68. The summed E-state index contributed by atoms with van der Waals surface area (Å²) in [7, 11) is 0. The highest BCUT2D eigenvalue weighted by molar-refractivity contribution is 5.23. The molecule has 1 atom stereocenters. The zero-order valence-corrected chi connectivity index (χ0v) is 12.5. The second-order valence-electron chi connectivity index (χ2n) is 6.18. The van der Waals surface area contributed by atoms with Crippen LogP contribution in [-0.2, 0) is 9.47 Å². The van der Waals surface area contributed by atoms with Crippen molar-refractivity contribution in [1.82, 2.24) is 5.32 Å². The number of hydrogen-bond donors (Lipinski definition) is 1. The molecule has 0 radical (unpaired) electrons. The fourth-order valence-corrected chi connectivity index (χ4v) is 3.31. The van der Waals surface area contributed by atoms with Gasteiger partial charge in [0.05, 0.1) is 13.2 Å². The van der Waals surface area contributed by atoms with E-state index in [9.17, 15) is 0 Å². The van der Waals surface area contributed by atoms with Crippen LogP contribution < -0.4 is 5.32 Å². The fourth-order valence-electron chi connectivity index (χ4n) is 3.31. The second-order valence-corrected chi connectivity index (χ2v) is 6.18. The van der Waals surface area contributed by atoms with Crippen LogP contribution in [0.15, 0.2) is 24.3 Å². The van der Waals surface area contributed by atoms with Crippen molar-refractivity contribution in [2.24, 2.45) is 0 Å². The molecule has 0 aromatic heterocycles. The van der Waals surface area contributed by atoms with Crippen molar-refractivity contribution in [2.45, 2.75) is 57.4 Å². The molecule has 3 nitrogen and oxygen atoms in total. The lowest BCUT2D eigenvalue weighted by Gasteiger charge is -2.36. The lowest BCUT2D eigenvalue weighted by atomic mass is 9.89. The minimum atomic E-state index is -0.245.